The van der Waals surface area contributed by atoms with Gasteiger partial charge in [0, 0.05) is 46.5 Å². The summed E-state index contributed by atoms with van der Waals surface area (Å²) in [6.45, 7) is -0.339. The molecule has 2 aromatic carbocycles. The number of nitrogens with zero attached hydrogens (tertiary/aromatic N) is 2. The van der Waals surface area contributed by atoms with E-state index in [4.69, 9.17) is 36.0 Å². The van der Waals surface area contributed by atoms with Gasteiger partial charge in [0.05, 0.1) is 44.7 Å². The third kappa shape index (κ3) is 10.6. The van der Waals surface area contributed by atoms with Crippen LogP contribution in [0.2, 0.25) is 5.02 Å². The monoisotopic (exact) mass is 746 g/mol. The molecule has 12 nitrogen and oxygen atoms in total. The van der Waals surface area contributed by atoms with Crippen LogP contribution in [0, 0.1) is 0 Å². The Hall–Kier alpha value is -2.82. The Morgan fingerprint density at radius 2 is 1.78 bits per heavy atom. The van der Waals surface area contributed by atoms with Crippen molar-refractivity contribution in [3.05, 3.63) is 77.1 Å². The summed E-state index contributed by atoms with van der Waals surface area (Å²) in [5, 5.41) is 59.0. The minimum Gasteiger partial charge on any atom is -0.490 e. The number of carbonyl (C=O) groups excluding carboxylic acids is 1. The molecule has 1 heterocycles. The summed E-state index contributed by atoms with van der Waals surface area (Å²) in [4.78, 5) is 19.7. The molecule has 4 atom stereocenters. The third-order valence-corrected chi connectivity index (χ3v) is 10.4. The van der Waals surface area contributed by atoms with Gasteiger partial charge in [0.1, 0.15) is 24.1 Å². The lowest BCUT2D eigenvalue weighted by Gasteiger charge is -2.30. The molecule has 0 bridgehead atoms. The summed E-state index contributed by atoms with van der Waals surface area (Å²) in [5.74, 6) is 0.600. The topological polar surface area (TPSA) is 182 Å². The van der Waals surface area contributed by atoms with Crippen molar-refractivity contribution in [3.63, 3.8) is 0 Å². The van der Waals surface area contributed by atoms with E-state index in [0.29, 0.717) is 23.8 Å². The molecular formula is C37H47ClN2O10S. The van der Waals surface area contributed by atoms with E-state index in [-0.39, 0.29) is 39.0 Å². The van der Waals surface area contributed by atoms with E-state index in [1.54, 1.807) is 18.0 Å². The number of aliphatic hydroxyl groups is 6. The van der Waals surface area contributed by atoms with E-state index in [1.165, 1.54) is 4.90 Å². The van der Waals surface area contributed by atoms with E-state index < -0.39 is 42.5 Å². The first-order valence-corrected chi connectivity index (χ1v) is 18.6. The molecule has 2 saturated carbocycles. The van der Waals surface area contributed by atoms with Crippen molar-refractivity contribution in [2.24, 2.45) is 0 Å². The number of aliphatic hydroxyl groups excluding tert-OH is 6. The number of carbonyl (C=O) groups is 1. The Morgan fingerprint density at radius 3 is 2.51 bits per heavy atom. The molecule has 2 aliphatic carbocycles. The van der Waals surface area contributed by atoms with Crippen LogP contribution in [0.1, 0.15) is 43.2 Å². The summed E-state index contributed by atoms with van der Waals surface area (Å²) in [6.07, 6.45) is 0.616. The van der Waals surface area contributed by atoms with Crippen LogP contribution < -0.4 is 4.74 Å². The van der Waals surface area contributed by atoms with Crippen LogP contribution in [0.4, 0.5) is 0 Å². The van der Waals surface area contributed by atoms with Crippen LogP contribution >= 0.6 is 23.4 Å². The van der Waals surface area contributed by atoms with Crippen molar-refractivity contribution >= 4 is 29.3 Å². The van der Waals surface area contributed by atoms with Gasteiger partial charge < -0.3 is 49.7 Å². The lowest BCUT2D eigenvalue weighted by Crippen LogP contribution is -2.53. The second-order valence-corrected chi connectivity index (χ2v) is 14.4. The fourth-order valence-corrected chi connectivity index (χ4v) is 6.77. The van der Waals surface area contributed by atoms with E-state index in [1.807, 2.05) is 48.7 Å². The second kappa shape index (κ2) is 18.8. The van der Waals surface area contributed by atoms with E-state index in [2.05, 4.69) is 11.1 Å². The number of benzene rings is 2. The van der Waals surface area contributed by atoms with Gasteiger partial charge in [-0.25, -0.2) is 0 Å². The first-order chi connectivity index (χ1) is 24.7. The molecule has 4 unspecified atom stereocenters. The smallest absolute Gasteiger partial charge is 0.254 e. The second-order valence-electron chi connectivity index (χ2n) is 12.8. The number of rotatable bonds is 22. The van der Waals surface area contributed by atoms with Gasteiger partial charge in [0.25, 0.3) is 5.91 Å². The molecule has 0 spiro atoms. The Kier molecular flexibility index (Phi) is 14.5. The zero-order valence-electron chi connectivity index (χ0n) is 28.3. The maximum atomic E-state index is 13.0. The van der Waals surface area contributed by atoms with Crippen molar-refractivity contribution in [2.45, 2.75) is 79.7 Å². The average Bonchev–Trinajstić information content (AvgIpc) is 4.10. The quantitative estimate of drug-likeness (QED) is 0.0655. The summed E-state index contributed by atoms with van der Waals surface area (Å²) >= 11 is 8.19. The SMILES string of the molecule is O=C(C(O)C(O)C(O)C(O)CO)N(CCCSc1ccc(Cl)c(COC2(c3cnccc3-c3ccccc3OC3CC3)CC2)c1)CCOCCO. The number of ether oxygens (including phenoxy) is 3. The highest BCUT2D eigenvalue weighted by molar-refractivity contribution is 7.99. The average molecular weight is 747 g/mol. The molecule has 6 N–H and O–H groups in total. The first kappa shape index (κ1) is 39.4. The van der Waals surface area contributed by atoms with Crippen molar-refractivity contribution in [1.29, 1.82) is 0 Å². The van der Waals surface area contributed by atoms with Crippen molar-refractivity contribution < 1.29 is 49.6 Å². The number of amides is 1. The number of pyridine rings is 1. The third-order valence-electron chi connectivity index (χ3n) is 8.93. The van der Waals surface area contributed by atoms with Crippen LogP contribution in [-0.2, 0) is 26.5 Å². The van der Waals surface area contributed by atoms with E-state index in [0.717, 1.165) is 58.6 Å². The Balaban J connectivity index is 1.19. The van der Waals surface area contributed by atoms with Crippen molar-refractivity contribution in [2.75, 3.05) is 45.3 Å². The molecule has 3 aromatic rings. The van der Waals surface area contributed by atoms with Gasteiger partial charge >= 0.3 is 0 Å². The fraction of sp³-hybridized carbons (Fsp3) is 0.514. The van der Waals surface area contributed by atoms with Crippen LogP contribution in [0.3, 0.4) is 0 Å². The molecule has 5 rings (SSSR count). The number of thioether (sulfide) groups is 1. The number of para-hydroxylation sites is 1. The molecule has 1 amide bonds. The van der Waals surface area contributed by atoms with Gasteiger partial charge in [-0.1, -0.05) is 29.8 Å². The number of aromatic nitrogens is 1. The maximum absolute atomic E-state index is 13.0. The first-order valence-electron chi connectivity index (χ1n) is 17.2. The van der Waals surface area contributed by atoms with E-state index in [9.17, 15) is 25.2 Å². The molecule has 51 heavy (non-hydrogen) atoms. The summed E-state index contributed by atoms with van der Waals surface area (Å²) < 4.78 is 18.1. The predicted octanol–water partition coefficient (Wildman–Crippen LogP) is 2.90. The predicted molar refractivity (Wildman–Crippen MR) is 191 cm³/mol. The highest BCUT2D eigenvalue weighted by Gasteiger charge is 2.48. The Morgan fingerprint density at radius 1 is 1.00 bits per heavy atom. The van der Waals surface area contributed by atoms with Gasteiger partial charge in [-0.05, 0) is 79.3 Å². The van der Waals surface area contributed by atoms with Gasteiger partial charge in [0.2, 0.25) is 0 Å². The molecule has 0 saturated heterocycles. The molecule has 0 radical (unpaired) electrons. The van der Waals surface area contributed by atoms with Crippen molar-refractivity contribution in [3.8, 4) is 16.9 Å². The summed E-state index contributed by atoms with van der Waals surface area (Å²) in [6, 6.07) is 15.8. The molecular weight excluding hydrogens is 700 g/mol. The van der Waals surface area contributed by atoms with Gasteiger partial charge in [-0.2, -0.15) is 0 Å². The maximum Gasteiger partial charge on any atom is 0.254 e. The van der Waals surface area contributed by atoms with Gasteiger partial charge in [0.15, 0.2) is 6.10 Å². The molecule has 1 aromatic heterocycles. The fourth-order valence-electron chi connectivity index (χ4n) is 5.70. The highest BCUT2D eigenvalue weighted by Crippen LogP contribution is 2.53. The summed E-state index contributed by atoms with van der Waals surface area (Å²) in [7, 11) is 0. The Bertz CT molecular complexity index is 1580. The normalized spacial score (nSPS) is 17.4. The number of hydrogen-bond donors (Lipinski definition) is 6. The standard InChI is InChI=1S/C37H47ClN2O10S/c38-30-9-8-26(51-19-3-14-40(15-17-48-18-16-41)36(47)35(46)34(45)33(44)31(43)22-42)20-24(30)23-49-37(11-12-37)29-21-39-13-10-27(29)28-4-1-2-5-32(28)50-25-6-7-25/h1-2,4-5,8-10,13,20-21,25,31,33-35,41-46H,3,6-7,11-12,14-19,22-23H2. The van der Waals surface area contributed by atoms with Crippen LogP contribution in [-0.4, -0.2) is 122 Å². The van der Waals surface area contributed by atoms with Crippen molar-refractivity contribution in [1.82, 2.24) is 9.88 Å². The molecule has 14 heteroatoms. The minimum absolute atomic E-state index is 0.0634. The van der Waals surface area contributed by atoms with Crippen LogP contribution in [0.25, 0.3) is 11.1 Å². The molecule has 0 aliphatic heterocycles. The Labute approximate surface area is 307 Å². The van der Waals surface area contributed by atoms with Crippen LogP contribution in [0.15, 0.2) is 65.8 Å². The number of halogens is 1. The minimum atomic E-state index is -2.03. The molecule has 2 fully saturated rings. The van der Waals surface area contributed by atoms with Gasteiger partial charge in [-0.3, -0.25) is 9.78 Å². The molecule has 2 aliphatic rings. The number of hydrogen-bond acceptors (Lipinski definition) is 12. The molecule has 278 valence electrons. The van der Waals surface area contributed by atoms with E-state index >= 15 is 0 Å². The van der Waals surface area contributed by atoms with Crippen LogP contribution in [0.5, 0.6) is 5.75 Å². The lowest BCUT2D eigenvalue weighted by molar-refractivity contribution is -0.159. The highest BCUT2D eigenvalue weighted by atomic mass is 35.5. The summed E-state index contributed by atoms with van der Waals surface area (Å²) in [5.41, 5.74) is 3.45. The zero-order chi connectivity index (χ0) is 36.4. The lowest BCUT2D eigenvalue weighted by atomic mass is 9.96. The van der Waals surface area contributed by atoms with Gasteiger partial charge in [-0.15, -0.1) is 11.8 Å². The largest absolute Gasteiger partial charge is 0.490 e. The zero-order valence-corrected chi connectivity index (χ0v) is 29.9.